The molecule has 0 aliphatic carbocycles. The number of carbonyl (C=O) groups is 1. The number of ether oxygens (including phenoxy) is 1. The molecule has 0 heterocycles. The van der Waals surface area contributed by atoms with E-state index in [2.05, 4.69) is 33.0 Å². The lowest BCUT2D eigenvalue weighted by atomic mass is 10.0. The molecule has 0 saturated heterocycles. The first-order valence-electron chi connectivity index (χ1n) is 7.37. The van der Waals surface area contributed by atoms with E-state index in [4.69, 9.17) is 4.74 Å². The number of benzene rings is 1. The highest BCUT2D eigenvalue weighted by atomic mass is 16.5. The Morgan fingerprint density at radius 3 is 2.30 bits per heavy atom. The summed E-state index contributed by atoms with van der Waals surface area (Å²) in [6.45, 7) is 10.4. The Morgan fingerprint density at radius 2 is 1.85 bits per heavy atom. The molecule has 114 valence electrons. The SMILES string of the molecule is CC(C)C.CCC(=O)NC(CC)c1cccc(OC)c1. The van der Waals surface area contributed by atoms with E-state index >= 15 is 0 Å². The minimum Gasteiger partial charge on any atom is -0.497 e. The molecule has 0 bridgehead atoms. The molecule has 1 atom stereocenters. The molecule has 0 aliphatic rings. The maximum absolute atomic E-state index is 11.4. The van der Waals surface area contributed by atoms with Gasteiger partial charge in [-0.3, -0.25) is 4.79 Å². The van der Waals surface area contributed by atoms with Crippen molar-refractivity contribution in [3.63, 3.8) is 0 Å². The molecule has 0 aromatic heterocycles. The normalized spacial score (nSPS) is 11.3. The first kappa shape index (κ1) is 18.5. The first-order valence-corrected chi connectivity index (χ1v) is 7.37. The summed E-state index contributed by atoms with van der Waals surface area (Å²) < 4.78 is 5.17. The van der Waals surface area contributed by atoms with Crippen molar-refractivity contribution in [3.05, 3.63) is 29.8 Å². The highest BCUT2D eigenvalue weighted by Gasteiger charge is 2.11. The van der Waals surface area contributed by atoms with Crippen molar-refractivity contribution < 1.29 is 9.53 Å². The van der Waals surface area contributed by atoms with Gasteiger partial charge in [0.15, 0.2) is 0 Å². The Hall–Kier alpha value is -1.51. The Labute approximate surface area is 123 Å². The predicted molar refractivity (Wildman–Crippen MR) is 85.0 cm³/mol. The topological polar surface area (TPSA) is 38.3 Å². The third-order valence-electron chi connectivity index (χ3n) is 2.56. The van der Waals surface area contributed by atoms with Crippen LogP contribution in [0.25, 0.3) is 0 Å². The summed E-state index contributed by atoms with van der Waals surface area (Å²) in [4.78, 5) is 11.4. The van der Waals surface area contributed by atoms with Crippen LogP contribution in [0.15, 0.2) is 24.3 Å². The molecule has 1 aromatic carbocycles. The van der Waals surface area contributed by atoms with Gasteiger partial charge in [0, 0.05) is 6.42 Å². The highest BCUT2D eigenvalue weighted by molar-refractivity contribution is 5.76. The summed E-state index contributed by atoms with van der Waals surface area (Å²) in [7, 11) is 1.64. The van der Waals surface area contributed by atoms with Crippen molar-refractivity contribution in [3.8, 4) is 5.75 Å². The number of hydrogen-bond donors (Lipinski definition) is 1. The van der Waals surface area contributed by atoms with E-state index in [0.717, 1.165) is 23.7 Å². The molecule has 1 amide bonds. The van der Waals surface area contributed by atoms with E-state index in [1.165, 1.54) is 0 Å². The van der Waals surface area contributed by atoms with E-state index in [0.29, 0.717) is 6.42 Å². The third-order valence-corrected chi connectivity index (χ3v) is 2.56. The van der Waals surface area contributed by atoms with Gasteiger partial charge in [-0.05, 0) is 30.0 Å². The molecule has 1 N–H and O–H groups in total. The quantitative estimate of drug-likeness (QED) is 0.871. The molecule has 0 aliphatic heterocycles. The molecule has 0 radical (unpaired) electrons. The zero-order valence-corrected chi connectivity index (χ0v) is 13.7. The molecular formula is C17H29NO2. The zero-order valence-electron chi connectivity index (χ0n) is 13.7. The Morgan fingerprint density at radius 1 is 1.25 bits per heavy atom. The second kappa shape index (κ2) is 10.3. The van der Waals surface area contributed by atoms with Gasteiger partial charge in [-0.25, -0.2) is 0 Å². The minimum absolute atomic E-state index is 0.0718. The van der Waals surface area contributed by atoms with Crippen LogP contribution in [0.4, 0.5) is 0 Å². The fraction of sp³-hybridized carbons (Fsp3) is 0.588. The summed E-state index contributed by atoms with van der Waals surface area (Å²) in [5, 5.41) is 2.99. The average molecular weight is 279 g/mol. The maximum atomic E-state index is 11.4. The fourth-order valence-electron chi connectivity index (χ4n) is 1.58. The van der Waals surface area contributed by atoms with Crippen molar-refractivity contribution in [1.82, 2.24) is 5.32 Å². The summed E-state index contributed by atoms with van der Waals surface area (Å²) >= 11 is 0. The van der Waals surface area contributed by atoms with E-state index in [1.54, 1.807) is 7.11 Å². The Balaban J connectivity index is 0.000000796. The summed E-state index contributed by atoms with van der Waals surface area (Å²) in [6, 6.07) is 7.88. The number of methoxy groups -OCH3 is 1. The lowest BCUT2D eigenvalue weighted by Crippen LogP contribution is -2.27. The number of amides is 1. The van der Waals surface area contributed by atoms with E-state index in [-0.39, 0.29) is 11.9 Å². The van der Waals surface area contributed by atoms with E-state index in [9.17, 15) is 4.79 Å². The van der Waals surface area contributed by atoms with Crippen LogP contribution >= 0.6 is 0 Å². The monoisotopic (exact) mass is 279 g/mol. The molecule has 3 heteroatoms. The largest absolute Gasteiger partial charge is 0.497 e. The van der Waals surface area contributed by atoms with Crippen LogP contribution in [-0.4, -0.2) is 13.0 Å². The number of carbonyl (C=O) groups excluding carboxylic acids is 1. The fourth-order valence-corrected chi connectivity index (χ4v) is 1.58. The Kier molecular flexibility index (Phi) is 9.52. The van der Waals surface area contributed by atoms with Gasteiger partial charge in [-0.2, -0.15) is 0 Å². The van der Waals surface area contributed by atoms with Gasteiger partial charge in [0.1, 0.15) is 5.75 Å². The van der Waals surface area contributed by atoms with Crippen molar-refractivity contribution in [2.45, 2.75) is 53.5 Å². The van der Waals surface area contributed by atoms with Gasteiger partial charge in [0.2, 0.25) is 5.91 Å². The smallest absolute Gasteiger partial charge is 0.220 e. The third kappa shape index (κ3) is 7.82. The molecule has 1 rings (SSSR count). The lowest BCUT2D eigenvalue weighted by Gasteiger charge is -2.17. The highest BCUT2D eigenvalue weighted by Crippen LogP contribution is 2.21. The zero-order chi connectivity index (χ0) is 15.5. The standard InChI is InChI=1S/C13H19NO2.C4H10/c1-4-12(14-13(15)5-2)10-7-6-8-11(9-10)16-3;1-4(2)3/h6-9,12H,4-5H2,1-3H3,(H,14,15);4H,1-3H3. The molecule has 0 fully saturated rings. The molecule has 3 nitrogen and oxygen atoms in total. The van der Waals surface area contributed by atoms with Crippen LogP contribution < -0.4 is 10.1 Å². The maximum Gasteiger partial charge on any atom is 0.220 e. The number of hydrogen-bond acceptors (Lipinski definition) is 2. The van der Waals surface area contributed by atoms with E-state index in [1.807, 2.05) is 31.2 Å². The molecule has 0 saturated carbocycles. The van der Waals surface area contributed by atoms with Crippen LogP contribution in [-0.2, 0) is 4.79 Å². The van der Waals surface area contributed by atoms with Crippen molar-refractivity contribution >= 4 is 5.91 Å². The summed E-state index contributed by atoms with van der Waals surface area (Å²) in [5.74, 6) is 1.73. The number of nitrogens with one attached hydrogen (secondary N) is 1. The molecule has 1 aromatic rings. The lowest BCUT2D eigenvalue weighted by molar-refractivity contribution is -0.121. The molecule has 20 heavy (non-hydrogen) atoms. The summed E-state index contributed by atoms with van der Waals surface area (Å²) in [6.07, 6.45) is 1.39. The first-order chi connectivity index (χ1) is 9.44. The second-order valence-corrected chi connectivity index (χ2v) is 5.39. The van der Waals surface area contributed by atoms with Gasteiger partial charge < -0.3 is 10.1 Å². The van der Waals surface area contributed by atoms with Crippen LogP contribution in [0.2, 0.25) is 0 Å². The van der Waals surface area contributed by atoms with Crippen LogP contribution in [0.1, 0.15) is 59.1 Å². The van der Waals surface area contributed by atoms with Crippen molar-refractivity contribution in [1.29, 1.82) is 0 Å². The van der Waals surface area contributed by atoms with Gasteiger partial charge in [0.25, 0.3) is 0 Å². The summed E-state index contributed by atoms with van der Waals surface area (Å²) in [5.41, 5.74) is 1.09. The molecule has 0 spiro atoms. The Bertz CT molecular complexity index is 386. The van der Waals surface area contributed by atoms with Crippen molar-refractivity contribution in [2.75, 3.05) is 7.11 Å². The van der Waals surface area contributed by atoms with Crippen LogP contribution in [0, 0.1) is 5.92 Å². The number of rotatable bonds is 5. The van der Waals surface area contributed by atoms with Gasteiger partial charge in [0.05, 0.1) is 13.2 Å². The molecular weight excluding hydrogens is 250 g/mol. The second-order valence-electron chi connectivity index (χ2n) is 5.39. The van der Waals surface area contributed by atoms with Gasteiger partial charge >= 0.3 is 0 Å². The van der Waals surface area contributed by atoms with Crippen LogP contribution in [0.5, 0.6) is 5.75 Å². The van der Waals surface area contributed by atoms with E-state index < -0.39 is 0 Å². The average Bonchev–Trinajstić information content (AvgIpc) is 2.43. The van der Waals surface area contributed by atoms with Gasteiger partial charge in [-0.1, -0.05) is 46.8 Å². The predicted octanol–water partition coefficient (Wildman–Crippen LogP) is 4.33. The molecule has 1 unspecified atom stereocenters. The van der Waals surface area contributed by atoms with Crippen LogP contribution in [0.3, 0.4) is 0 Å². The van der Waals surface area contributed by atoms with Crippen molar-refractivity contribution in [2.24, 2.45) is 5.92 Å². The van der Waals surface area contributed by atoms with Gasteiger partial charge in [-0.15, -0.1) is 0 Å². The minimum atomic E-state index is 0.0718.